The highest BCUT2D eigenvalue weighted by Gasteiger charge is 2.41. The van der Waals surface area contributed by atoms with E-state index in [2.05, 4.69) is 10.2 Å². The molecule has 0 bridgehead atoms. The van der Waals surface area contributed by atoms with Gasteiger partial charge in [0.25, 0.3) is 5.91 Å². The minimum absolute atomic E-state index is 0.101. The van der Waals surface area contributed by atoms with E-state index in [0.717, 1.165) is 30.5 Å². The largest absolute Gasteiger partial charge is 0.481 e. The number of rotatable bonds is 6. The van der Waals surface area contributed by atoms with E-state index in [9.17, 15) is 14.7 Å². The van der Waals surface area contributed by atoms with Gasteiger partial charge in [-0.1, -0.05) is 23.8 Å². The predicted molar refractivity (Wildman–Crippen MR) is 98.5 cm³/mol. The van der Waals surface area contributed by atoms with Gasteiger partial charge in [-0.15, -0.1) is 0 Å². The highest BCUT2D eigenvalue weighted by atomic mass is 16.4. The summed E-state index contributed by atoms with van der Waals surface area (Å²) in [6.45, 7) is 6.18. The van der Waals surface area contributed by atoms with Crippen molar-refractivity contribution in [1.29, 1.82) is 0 Å². The monoisotopic (exact) mass is 344 g/mol. The summed E-state index contributed by atoms with van der Waals surface area (Å²) in [5.41, 5.74) is 2.18. The number of piperidine rings is 1. The van der Waals surface area contributed by atoms with Gasteiger partial charge < -0.3 is 10.4 Å². The van der Waals surface area contributed by atoms with E-state index < -0.39 is 11.4 Å². The summed E-state index contributed by atoms with van der Waals surface area (Å²) in [4.78, 5) is 25.8. The van der Waals surface area contributed by atoms with E-state index in [1.54, 1.807) is 7.05 Å². The molecule has 5 heteroatoms. The van der Waals surface area contributed by atoms with Crippen LogP contribution in [0.4, 0.5) is 0 Å². The first-order chi connectivity index (χ1) is 11.9. The normalized spacial score (nSPS) is 20.8. The average Bonchev–Trinajstić information content (AvgIpc) is 2.60. The van der Waals surface area contributed by atoms with Crippen molar-refractivity contribution in [3.05, 3.63) is 47.0 Å². The number of carbonyl (C=O) groups excluding carboxylic acids is 1. The summed E-state index contributed by atoms with van der Waals surface area (Å²) in [5, 5.41) is 12.4. The third kappa shape index (κ3) is 4.92. The maximum Gasteiger partial charge on any atom is 0.311 e. The Kier molecular flexibility index (Phi) is 6.37. The van der Waals surface area contributed by atoms with E-state index in [1.807, 2.05) is 44.2 Å². The van der Waals surface area contributed by atoms with Gasteiger partial charge >= 0.3 is 5.97 Å². The van der Waals surface area contributed by atoms with Crippen molar-refractivity contribution >= 4 is 11.9 Å². The molecule has 5 nitrogen and oxygen atoms in total. The van der Waals surface area contributed by atoms with Crippen LogP contribution < -0.4 is 5.32 Å². The Morgan fingerprint density at radius 1 is 1.28 bits per heavy atom. The number of allylic oxidation sites excluding steroid dienone is 2. The van der Waals surface area contributed by atoms with Gasteiger partial charge in [0.1, 0.15) is 0 Å². The molecule has 1 aromatic carbocycles. The smallest absolute Gasteiger partial charge is 0.311 e. The summed E-state index contributed by atoms with van der Waals surface area (Å²) in [7, 11) is 1.61. The molecule has 25 heavy (non-hydrogen) atoms. The number of nitrogens with one attached hydrogen (secondary N) is 1. The third-order valence-electron chi connectivity index (χ3n) is 4.86. The van der Waals surface area contributed by atoms with Crippen LogP contribution in [0.25, 0.3) is 0 Å². The summed E-state index contributed by atoms with van der Waals surface area (Å²) in [6, 6.07) is 7.51. The lowest BCUT2D eigenvalue weighted by Gasteiger charge is -2.39. The van der Waals surface area contributed by atoms with Crippen molar-refractivity contribution in [2.75, 3.05) is 20.1 Å². The molecule has 0 spiro atoms. The summed E-state index contributed by atoms with van der Waals surface area (Å²) in [5.74, 6) is -0.805. The lowest BCUT2D eigenvalue weighted by molar-refractivity contribution is -0.152. The van der Waals surface area contributed by atoms with Crippen LogP contribution in [-0.4, -0.2) is 42.0 Å². The van der Waals surface area contributed by atoms with Gasteiger partial charge in [-0.25, -0.2) is 0 Å². The molecule has 1 fully saturated rings. The topological polar surface area (TPSA) is 69.6 Å². The maximum atomic E-state index is 11.9. The Balaban J connectivity index is 2.08. The second-order valence-corrected chi connectivity index (χ2v) is 7.16. The highest BCUT2D eigenvalue weighted by Crippen LogP contribution is 2.35. The number of hydrogen-bond acceptors (Lipinski definition) is 3. The van der Waals surface area contributed by atoms with Crippen molar-refractivity contribution in [3.63, 3.8) is 0 Å². The molecule has 0 aliphatic carbocycles. The Labute approximate surface area is 149 Å². The zero-order valence-electron chi connectivity index (χ0n) is 15.3. The zero-order chi connectivity index (χ0) is 18.4. The molecule has 1 aliphatic rings. The van der Waals surface area contributed by atoms with Gasteiger partial charge in [0.2, 0.25) is 0 Å². The Hall–Kier alpha value is -2.14. The molecular formula is C20H28N2O3. The number of benzene rings is 1. The molecule has 1 unspecified atom stereocenters. The Bertz CT molecular complexity index is 647. The maximum absolute atomic E-state index is 11.9. The van der Waals surface area contributed by atoms with Gasteiger partial charge in [0.05, 0.1) is 5.41 Å². The van der Waals surface area contributed by atoms with Crippen molar-refractivity contribution in [3.8, 4) is 0 Å². The predicted octanol–water partition coefficient (Wildman–Crippen LogP) is 3.07. The van der Waals surface area contributed by atoms with Crippen LogP contribution >= 0.6 is 0 Å². The first-order valence-electron chi connectivity index (χ1n) is 8.76. The molecule has 136 valence electrons. The number of carbonyl (C=O) groups is 2. The van der Waals surface area contributed by atoms with Crippen LogP contribution in [0, 0.1) is 5.41 Å². The van der Waals surface area contributed by atoms with Crippen molar-refractivity contribution < 1.29 is 14.7 Å². The van der Waals surface area contributed by atoms with Crippen LogP contribution in [0.5, 0.6) is 0 Å². The van der Waals surface area contributed by atoms with Crippen LogP contribution in [0.3, 0.4) is 0 Å². The van der Waals surface area contributed by atoms with Gasteiger partial charge in [-0.3, -0.25) is 14.5 Å². The zero-order valence-corrected chi connectivity index (χ0v) is 15.3. The molecule has 0 aromatic heterocycles. The second-order valence-electron chi connectivity index (χ2n) is 7.16. The van der Waals surface area contributed by atoms with E-state index in [4.69, 9.17) is 0 Å². The van der Waals surface area contributed by atoms with Gasteiger partial charge in [-0.2, -0.15) is 0 Å². The number of hydrogen-bond donors (Lipinski definition) is 2. The SMILES string of the molecule is CNC(=O)c1ccc(CN2CCCC(CC=C(C)C)(C(=O)O)C2)cc1. The highest BCUT2D eigenvalue weighted by molar-refractivity contribution is 5.93. The van der Waals surface area contributed by atoms with Crippen LogP contribution in [0.2, 0.25) is 0 Å². The fourth-order valence-electron chi connectivity index (χ4n) is 3.35. The Morgan fingerprint density at radius 3 is 2.52 bits per heavy atom. The fourth-order valence-corrected chi connectivity index (χ4v) is 3.35. The quantitative estimate of drug-likeness (QED) is 0.778. The average molecular weight is 344 g/mol. The molecule has 1 heterocycles. The lowest BCUT2D eigenvalue weighted by atomic mass is 9.76. The van der Waals surface area contributed by atoms with Crippen molar-refractivity contribution in [2.24, 2.45) is 5.41 Å². The summed E-state index contributed by atoms with van der Waals surface area (Å²) >= 11 is 0. The van der Waals surface area contributed by atoms with E-state index >= 15 is 0 Å². The van der Waals surface area contributed by atoms with E-state index in [0.29, 0.717) is 25.1 Å². The summed E-state index contributed by atoms with van der Waals surface area (Å²) < 4.78 is 0. The second kappa shape index (κ2) is 8.30. The first kappa shape index (κ1) is 19.2. The van der Waals surface area contributed by atoms with Gasteiger partial charge in [-0.05, 0) is 57.4 Å². The number of aliphatic carboxylic acids is 1. The summed E-state index contributed by atoms with van der Waals surface area (Å²) in [6.07, 6.45) is 4.23. The molecule has 1 amide bonds. The molecule has 0 saturated carbocycles. The molecular weight excluding hydrogens is 316 g/mol. The van der Waals surface area contributed by atoms with Crippen molar-refractivity contribution in [1.82, 2.24) is 10.2 Å². The molecule has 0 radical (unpaired) electrons. The number of amides is 1. The number of carboxylic acids is 1. The van der Waals surface area contributed by atoms with Gasteiger partial charge in [0.15, 0.2) is 0 Å². The number of carboxylic acid groups (broad SMARTS) is 1. The van der Waals surface area contributed by atoms with Crippen LogP contribution in [0.15, 0.2) is 35.9 Å². The van der Waals surface area contributed by atoms with Crippen molar-refractivity contribution in [2.45, 2.75) is 39.7 Å². The number of nitrogens with zero attached hydrogens (tertiary/aromatic N) is 1. The van der Waals surface area contributed by atoms with E-state index in [1.165, 1.54) is 0 Å². The Morgan fingerprint density at radius 2 is 1.96 bits per heavy atom. The fraction of sp³-hybridized carbons (Fsp3) is 0.500. The lowest BCUT2D eigenvalue weighted by Crippen LogP contribution is -2.47. The van der Waals surface area contributed by atoms with Crippen LogP contribution in [0.1, 0.15) is 49.0 Å². The first-order valence-corrected chi connectivity index (χ1v) is 8.76. The molecule has 1 aliphatic heterocycles. The standard InChI is InChI=1S/C20H28N2O3/c1-15(2)9-11-20(19(24)25)10-4-12-22(14-20)13-16-5-7-17(8-6-16)18(23)21-3/h5-9H,4,10-14H2,1-3H3,(H,21,23)(H,24,25). The molecule has 1 atom stereocenters. The molecule has 1 aromatic rings. The molecule has 2 rings (SSSR count). The minimum atomic E-state index is -0.704. The third-order valence-corrected chi connectivity index (χ3v) is 4.86. The van der Waals surface area contributed by atoms with Crippen LogP contribution in [-0.2, 0) is 11.3 Å². The molecule has 2 N–H and O–H groups in total. The minimum Gasteiger partial charge on any atom is -0.481 e. The number of likely N-dealkylation sites (tertiary alicyclic amines) is 1. The van der Waals surface area contributed by atoms with Gasteiger partial charge in [0, 0.05) is 25.7 Å². The van der Waals surface area contributed by atoms with E-state index in [-0.39, 0.29) is 5.91 Å². The molecule has 1 saturated heterocycles.